The number of hydrogen-bond donors (Lipinski definition) is 3. The Bertz CT molecular complexity index is 534. The Kier molecular flexibility index (Phi) is 3.33. The predicted molar refractivity (Wildman–Crippen MR) is 65.6 cm³/mol. The molecule has 0 bridgehead atoms. The average molecular weight is 252 g/mol. The molecule has 1 fully saturated rings. The minimum atomic E-state index is -0.665. The molecule has 0 spiro atoms. The van der Waals surface area contributed by atoms with Gasteiger partial charge in [0.15, 0.2) is 0 Å². The summed E-state index contributed by atoms with van der Waals surface area (Å²) in [6, 6.07) is 1.33. The number of hydrogen-bond acceptors (Lipinski definition) is 4. The van der Waals surface area contributed by atoms with Gasteiger partial charge in [-0.2, -0.15) is 0 Å². The first kappa shape index (κ1) is 12.6. The van der Waals surface area contributed by atoms with Gasteiger partial charge in [-0.1, -0.05) is 0 Å². The van der Waals surface area contributed by atoms with E-state index in [0.717, 1.165) is 6.07 Å². The highest BCUT2D eigenvalue weighted by Crippen LogP contribution is 2.09. The first-order chi connectivity index (χ1) is 8.47. The summed E-state index contributed by atoms with van der Waals surface area (Å²) in [5, 5.41) is 3.26. The normalized spacial score (nSPS) is 24.0. The van der Waals surface area contributed by atoms with E-state index in [2.05, 4.69) is 10.3 Å². The SMILES string of the molecule is CC1CN(C(=O)c2cc(=O)[nH]c(=O)[nH]2)C(C)CN1. The number of H-pyrrole nitrogens is 2. The van der Waals surface area contributed by atoms with E-state index >= 15 is 0 Å². The van der Waals surface area contributed by atoms with Crippen molar-refractivity contribution in [3.05, 3.63) is 32.6 Å². The topological polar surface area (TPSA) is 98.1 Å². The maximum atomic E-state index is 12.2. The molecule has 0 aliphatic carbocycles. The van der Waals surface area contributed by atoms with E-state index in [-0.39, 0.29) is 23.7 Å². The lowest BCUT2D eigenvalue weighted by molar-refractivity contribution is 0.0609. The van der Waals surface area contributed by atoms with Gasteiger partial charge in [0, 0.05) is 31.2 Å². The van der Waals surface area contributed by atoms with Gasteiger partial charge >= 0.3 is 5.69 Å². The van der Waals surface area contributed by atoms with Crippen LogP contribution >= 0.6 is 0 Å². The zero-order valence-electron chi connectivity index (χ0n) is 10.3. The van der Waals surface area contributed by atoms with Gasteiger partial charge in [0.2, 0.25) is 0 Å². The minimum absolute atomic E-state index is 0.0245. The molecule has 0 saturated carbocycles. The molecule has 1 amide bonds. The number of aromatic amines is 2. The quantitative estimate of drug-likeness (QED) is 0.590. The number of carbonyl (C=O) groups is 1. The molecule has 1 aromatic rings. The van der Waals surface area contributed by atoms with E-state index in [0.29, 0.717) is 13.1 Å². The van der Waals surface area contributed by atoms with Crippen molar-refractivity contribution in [2.75, 3.05) is 13.1 Å². The summed E-state index contributed by atoms with van der Waals surface area (Å²) in [4.78, 5) is 40.6. The number of rotatable bonds is 1. The second-order valence-electron chi connectivity index (χ2n) is 4.62. The predicted octanol–water partition coefficient (Wildman–Crippen LogP) is -1.11. The highest BCUT2D eigenvalue weighted by atomic mass is 16.2. The molecular weight excluding hydrogens is 236 g/mol. The van der Waals surface area contributed by atoms with E-state index in [1.807, 2.05) is 18.8 Å². The molecule has 1 aliphatic rings. The molecule has 2 atom stereocenters. The standard InChI is InChI=1S/C11H16N4O3/c1-6-5-15(7(2)4-12-6)10(17)8-3-9(16)14-11(18)13-8/h3,6-7,12H,4-5H2,1-2H3,(H2,13,14,16,18). The van der Waals surface area contributed by atoms with Crippen LogP contribution in [0.3, 0.4) is 0 Å². The Morgan fingerprint density at radius 3 is 2.72 bits per heavy atom. The maximum Gasteiger partial charge on any atom is 0.326 e. The van der Waals surface area contributed by atoms with Crippen molar-refractivity contribution in [1.29, 1.82) is 0 Å². The first-order valence-corrected chi connectivity index (χ1v) is 5.85. The highest BCUT2D eigenvalue weighted by molar-refractivity contribution is 5.92. The number of nitrogens with zero attached hydrogens (tertiary/aromatic N) is 1. The Morgan fingerprint density at radius 1 is 1.33 bits per heavy atom. The Hall–Kier alpha value is -1.89. The first-order valence-electron chi connectivity index (χ1n) is 5.85. The fourth-order valence-corrected chi connectivity index (χ4v) is 2.04. The van der Waals surface area contributed by atoms with E-state index in [1.54, 1.807) is 4.90 Å². The molecule has 18 heavy (non-hydrogen) atoms. The fourth-order valence-electron chi connectivity index (χ4n) is 2.04. The molecule has 2 heterocycles. The largest absolute Gasteiger partial charge is 0.332 e. The van der Waals surface area contributed by atoms with Crippen LogP contribution in [0.1, 0.15) is 24.3 Å². The molecular formula is C11H16N4O3. The summed E-state index contributed by atoms with van der Waals surface area (Å²) in [6.45, 7) is 5.14. The van der Waals surface area contributed by atoms with Gasteiger partial charge in [0.25, 0.3) is 11.5 Å². The lowest BCUT2D eigenvalue weighted by Gasteiger charge is -2.37. The van der Waals surface area contributed by atoms with Crippen molar-refractivity contribution in [3.8, 4) is 0 Å². The summed E-state index contributed by atoms with van der Waals surface area (Å²) < 4.78 is 0. The molecule has 7 nitrogen and oxygen atoms in total. The zero-order valence-corrected chi connectivity index (χ0v) is 10.3. The van der Waals surface area contributed by atoms with Crippen LogP contribution in [-0.4, -0.2) is 45.9 Å². The Labute approximate surface area is 103 Å². The van der Waals surface area contributed by atoms with E-state index in [4.69, 9.17) is 0 Å². The van der Waals surface area contributed by atoms with Crippen LogP contribution < -0.4 is 16.6 Å². The van der Waals surface area contributed by atoms with Gasteiger partial charge in [-0.05, 0) is 13.8 Å². The summed E-state index contributed by atoms with van der Waals surface area (Å²) >= 11 is 0. The number of amides is 1. The van der Waals surface area contributed by atoms with Gasteiger partial charge in [-0.25, -0.2) is 4.79 Å². The summed E-state index contributed by atoms with van der Waals surface area (Å²) in [7, 11) is 0. The van der Waals surface area contributed by atoms with Gasteiger partial charge in [0.05, 0.1) is 0 Å². The molecule has 7 heteroatoms. The van der Waals surface area contributed by atoms with Gasteiger partial charge in [-0.15, -0.1) is 0 Å². The molecule has 1 aromatic heterocycles. The number of aromatic nitrogens is 2. The number of nitrogens with one attached hydrogen (secondary N) is 3. The second-order valence-corrected chi connectivity index (χ2v) is 4.62. The van der Waals surface area contributed by atoms with Crippen LogP contribution in [0.25, 0.3) is 0 Å². The zero-order chi connectivity index (χ0) is 13.3. The molecule has 1 saturated heterocycles. The number of carbonyl (C=O) groups excluding carboxylic acids is 1. The van der Waals surface area contributed by atoms with Crippen LogP contribution in [0.15, 0.2) is 15.7 Å². The lowest BCUT2D eigenvalue weighted by Crippen LogP contribution is -2.56. The van der Waals surface area contributed by atoms with Gasteiger partial charge in [0.1, 0.15) is 5.69 Å². The third-order valence-corrected chi connectivity index (χ3v) is 3.02. The maximum absolute atomic E-state index is 12.2. The van der Waals surface area contributed by atoms with Gasteiger partial charge < -0.3 is 15.2 Å². The highest BCUT2D eigenvalue weighted by Gasteiger charge is 2.27. The van der Waals surface area contributed by atoms with Crippen LogP contribution in [0, 0.1) is 0 Å². The van der Waals surface area contributed by atoms with Crippen molar-refractivity contribution in [2.24, 2.45) is 0 Å². The van der Waals surface area contributed by atoms with Crippen molar-refractivity contribution in [3.63, 3.8) is 0 Å². The Morgan fingerprint density at radius 2 is 2.06 bits per heavy atom. The van der Waals surface area contributed by atoms with Crippen LogP contribution in [0.4, 0.5) is 0 Å². The molecule has 0 aromatic carbocycles. The molecule has 98 valence electrons. The van der Waals surface area contributed by atoms with Crippen LogP contribution in [0.5, 0.6) is 0 Å². The fraction of sp³-hybridized carbons (Fsp3) is 0.545. The van der Waals surface area contributed by atoms with E-state index in [1.165, 1.54) is 0 Å². The summed E-state index contributed by atoms with van der Waals surface area (Å²) in [6.07, 6.45) is 0. The molecule has 1 aliphatic heterocycles. The van der Waals surface area contributed by atoms with Crippen LogP contribution in [-0.2, 0) is 0 Å². The summed E-state index contributed by atoms with van der Waals surface area (Å²) in [5.41, 5.74) is -1.20. The number of piperazine rings is 1. The Balaban J connectivity index is 2.29. The van der Waals surface area contributed by atoms with Crippen molar-refractivity contribution >= 4 is 5.91 Å². The third kappa shape index (κ3) is 2.51. The van der Waals surface area contributed by atoms with E-state index < -0.39 is 11.2 Å². The smallest absolute Gasteiger partial charge is 0.326 e. The summed E-state index contributed by atoms with van der Waals surface area (Å²) in [5.74, 6) is -0.320. The average Bonchev–Trinajstić information content (AvgIpc) is 2.30. The molecule has 2 unspecified atom stereocenters. The van der Waals surface area contributed by atoms with Crippen molar-refractivity contribution < 1.29 is 4.79 Å². The molecule has 2 rings (SSSR count). The van der Waals surface area contributed by atoms with Gasteiger partial charge in [-0.3, -0.25) is 14.6 Å². The molecule has 3 N–H and O–H groups in total. The van der Waals surface area contributed by atoms with Crippen LogP contribution in [0.2, 0.25) is 0 Å². The monoisotopic (exact) mass is 252 g/mol. The minimum Gasteiger partial charge on any atom is -0.332 e. The van der Waals surface area contributed by atoms with Crippen molar-refractivity contribution in [2.45, 2.75) is 25.9 Å². The van der Waals surface area contributed by atoms with Crippen molar-refractivity contribution in [1.82, 2.24) is 20.2 Å². The second kappa shape index (κ2) is 4.77. The van der Waals surface area contributed by atoms with E-state index in [9.17, 15) is 14.4 Å². The molecule has 0 radical (unpaired) electrons. The third-order valence-electron chi connectivity index (χ3n) is 3.02. The lowest BCUT2D eigenvalue weighted by atomic mass is 10.1.